The predicted molar refractivity (Wildman–Crippen MR) is 112 cm³/mol. The lowest BCUT2D eigenvalue weighted by molar-refractivity contribution is -0.137. The molecule has 0 atom stereocenters. The van der Waals surface area contributed by atoms with E-state index >= 15 is 0 Å². The molecule has 2 aromatic carbocycles. The van der Waals surface area contributed by atoms with Crippen molar-refractivity contribution in [3.8, 4) is 11.5 Å². The summed E-state index contributed by atoms with van der Waals surface area (Å²) in [5.41, 5.74) is 1.11. The molecule has 2 aromatic rings. The number of nitrogens with zero attached hydrogens (tertiary/aromatic N) is 1. The first kappa shape index (κ1) is 20.1. The molecule has 0 radical (unpaired) electrons. The van der Waals surface area contributed by atoms with Crippen LogP contribution in [-0.2, 0) is 17.9 Å². The Kier molecular flexibility index (Phi) is 5.79. The topological polar surface area (TPSA) is 79.9 Å². The summed E-state index contributed by atoms with van der Waals surface area (Å²) < 4.78 is 10.8. The maximum absolute atomic E-state index is 13.3. The van der Waals surface area contributed by atoms with E-state index in [9.17, 15) is 9.59 Å². The number of likely N-dealkylation sites (N-methyl/N-ethyl adjacent to an activating group) is 1. The van der Waals surface area contributed by atoms with Gasteiger partial charge >= 0.3 is 6.03 Å². The first-order valence-corrected chi connectivity index (χ1v) is 10.3. The molecule has 7 nitrogen and oxygen atoms in total. The second kappa shape index (κ2) is 8.65. The SMILES string of the molecule is CN(Cc1ccc2c(c1)OCO2)C(=O)C1(NC(=O)NCc2ccccc2)CCCC1. The van der Waals surface area contributed by atoms with Crippen molar-refractivity contribution in [1.82, 2.24) is 15.5 Å². The molecule has 2 aliphatic rings. The van der Waals surface area contributed by atoms with Crippen molar-refractivity contribution < 1.29 is 19.1 Å². The summed E-state index contributed by atoms with van der Waals surface area (Å²) in [6.45, 7) is 1.08. The van der Waals surface area contributed by atoms with Gasteiger partial charge in [-0.15, -0.1) is 0 Å². The number of amides is 3. The molecule has 1 heterocycles. The molecular weight excluding hydrogens is 382 g/mol. The van der Waals surface area contributed by atoms with Gasteiger partial charge in [0.05, 0.1) is 0 Å². The van der Waals surface area contributed by atoms with Crippen molar-refractivity contribution in [2.24, 2.45) is 0 Å². The summed E-state index contributed by atoms with van der Waals surface area (Å²) in [6.07, 6.45) is 3.14. The van der Waals surface area contributed by atoms with Crippen LogP contribution in [0.5, 0.6) is 11.5 Å². The average Bonchev–Trinajstić information content (AvgIpc) is 3.42. The minimum atomic E-state index is -0.855. The van der Waals surface area contributed by atoms with Crippen molar-refractivity contribution in [1.29, 1.82) is 0 Å². The van der Waals surface area contributed by atoms with Gasteiger partial charge in [-0.25, -0.2) is 4.79 Å². The Bertz CT molecular complexity index is 910. The lowest BCUT2D eigenvalue weighted by atomic mass is 9.95. The fourth-order valence-corrected chi connectivity index (χ4v) is 4.16. The highest BCUT2D eigenvalue weighted by atomic mass is 16.7. The van der Waals surface area contributed by atoms with Crippen LogP contribution in [0.1, 0.15) is 36.8 Å². The van der Waals surface area contributed by atoms with Crippen LogP contribution in [0.3, 0.4) is 0 Å². The van der Waals surface area contributed by atoms with Crippen LogP contribution < -0.4 is 20.1 Å². The minimum Gasteiger partial charge on any atom is -0.454 e. The number of benzene rings is 2. The molecule has 0 saturated heterocycles. The highest BCUT2D eigenvalue weighted by molar-refractivity contribution is 5.91. The molecule has 0 spiro atoms. The molecule has 4 rings (SSSR count). The maximum Gasteiger partial charge on any atom is 0.315 e. The summed E-state index contributed by atoms with van der Waals surface area (Å²) in [4.78, 5) is 27.6. The number of hydrogen-bond acceptors (Lipinski definition) is 4. The van der Waals surface area contributed by atoms with Gasteiger partial charge in [0, 0.05) is 20.1 Å². The van der Waals surface area contributed by atoms with Crippen LogP contribution in [0.15, 0.2) is 48.5 Å². The predicted octanol–water partition coefficient (Wildman–Crippen LogP) is 3.19. The Morgan fingerprint density at radius 1 is 1.00 bits per heavy atom. The van der Waals surface area contributed by atoms with E-state index in [0.29, 0.717) is 31.7 Å². The van der Waals surface area contributed by atoms with Crippen molar-refractivity contribution in [3.05, 3.63) is 59.7 Å². The smallest absolute Gasteiger partial charge is 0.315 e. The summed E-state index contributed by atoms with van der Waals surface area (Å²) in [6, 6.07) is 15.1. The van der Waals surface area contributed by atoms with Crippen LogP contribution in [0.25, 0.3) is 0 Å². The van der Waals surface area contributed by atoms with Crippen molar-refractivity contribution >= 4 is 11.9 Å². The minimum absolute atomic E-state index is 0.0625. The number of nitrogens with one attached hydrogen (secondary N) is 2. The number of carbonyl (C=O) groups excluding carboxylic acids is 2. The Morgan fingerprint density at radius 3 is 2.50 bits per heavy atom. The van der Waals surface area contributed by atoms with Gasteiger partial charge in [0.15, 0.2) is 11.5 Å². The molecule has 2 N–H and O–H groups in total. The second-order valence-electron chi connectivity index (χ2n) is 7.93. The van der Waals surface area contributed by atoms with Gasteiger partial charge < -0.3 is 25.0 Å². The summed E-state index contributed by atoms with van der Waals surface area (Å²) in [5.74, 6) is 1.35. The summed E-state index contributed by atoms with van der Waals surface area (Å²) >= 11 is 0. The van der Waals surface area contributed by atoms with E-state index in [-0.39, 0.29) is 18.7 Å². The van der Waals surface area contributed by atoms with E-state index in [1.54, 1.807) is 11.9 Å². The molecule has 0 bridgehead atoms. The van der Waals surface area contributed by atoms with Crippen molar-refractivity contribution in [2.45, 2.75) is 44.3 Å². The van der Waals surface area contributed by atoms with E-state index in [0.717, 1.165) is 29.7 Å². The average molecular weight is 409 g/mol. The van der Waals surface area contributed by atoms with Crippen LogP contribution in [0.2, 0.25) is 0 Å². The molecule has 1 fully saturated rings. The zero-order chi connectivity index (χ0) is 21.0. The van der Waals surface area contributed by atoms with Gasteiger partial charge in [-0.05, 0) is 36.1 Å². The van der Waals surface area contributed by atoms with E-state index in [1.807, 2.05) is 48.5 Å². The normalized spacial score (nSPS) is 16.2. The third-order valence-electron chi connectivity index (χ3n) is 5.72. The van der Waals surface area contributed by atoms with E-state index in [4.69, 9.17) is 9.47 Å². The maximum atomic E-state index is 13.3. The van der Waals surface area contributed by atoms with Gasteiger partial charge in [-0.1, -0.05) is 49.2 Å². The standard InChI is InChI=1S/C23H27N3O4/c1-26(15-18-9-10-19-20(13-18)30-16-29-19)21(27)23(11-5-6-12-23)25-22(28)24-14-17-7-3-2-4-8-17/h2-4,7-10,13H,5-6,11-12,14-16H2,1H3,(H2,24,25,28). The van der Waals surface area contributed by atoms with Crippen LogP contribution >= 0.6 is 0 Å². The van der Waals surface area contributed by atoms with Crippen LogP contribution in [-0.4, -0.2) is 36.2 Å². The molecule has 7 heteroatoms. The Balaban J connectivity index is 1.39. The lowest BCUT2D eigenvalue weighted by Gasteiger charge is -2.33. The highest BCUT2D eigenvalue weighted by Gasteiger charge is 2.44. The summed E-state index contributed by atoms with van der Waals surface area (Å²) in [5, 5.41) is 5.86. The highest BCUT2D eigenvalue weighted by Crippen LogP contribution is 2.34. The molecule has 1 aliphatic heterocycles. The summed E-state index contributed by atoms with van der Waals surface area (Å²) in [7, 11) is 1.77. The fraction of sp³-hybridized carbons (Fsp3) is 0.391. The molecule has 0 unspecified atom stereocenters. The number of urea groups is 1. The van der Waals surface area contributed by atoms with E-state index in [1.165, 1.54) is 0 Å². The largest absolute Gasteiger partial charge is 0.454 e. The molecule has 0 aromatic heterocycles. The Morgan fingerprint density at radius 2 is 1.73 bits per heavy atom. The number of hydrogen-bond donors (Lipinski definition) is 2. The molecular formula is C23H27N3O4. The van der Waals surface area contributed by atoms with Crippen LogP contribution in [0.4, 0.5) is 4.79 Å². The Hall–Kier alpha value is -3.22. The number of ether oxygens (including phenoxy) is 2. The molecule has 30 heavy (non-hydrogen) atoms. The second-order valence-corrected chi connectivity index (χ2v) is 7.93. The molecule has 3 amide bonds. The van der Waals surface area contributed by atoms with E-state index < -0.39 is 5.54 Å². The van der Waals surface area contributed by atoms with Gasteiger partial charge in [0.25, 0.3) is 0 Å². The monoisotopic (exact) mass is 409 g/mol. The third kappa shape index (κ3) is 4.35. The number of fused-ring (bicyclic) bond motifs is 1. The van der Waals surface area contributed by atoms with Crippen molar-refractivity contribution in [3.63, 3.8) is 0 Å². The first-order chi connectivity index (χ1) is 14.6. The first-order valence-electron chi connectivity index (χ1n) is 10.3. The Labute approximate surface area is 176 Å². The molecule has 158 valence electrons. The molecule has 1 aliphatic carbocycles. The zero-order valence-corrected chi connectivity index (χ0v) is 17.1. The van der Waals surface area contributed by atoms with E-state index in [2.05, 4.69) is 10.6 Å². The van der Waals surface area contributed by atoms with Gasteiger partial charge in [-0.3, -0.25) is 4.79 Å². The molecule has 1 saturated carbocycles. The third-order valence-corrected chi connectivity index (χ3v) is 5.72. The fourth-order valence-electron chi connectivity index (χ4n) is 4.16. The number of rotatable bonds is 6. The van der Waals surface area contributed by atoms with Crippen molar-refractivity contribution in [2.75, 3.05) is 13.8 Å². The van der Waals surface area contributed by atoms with Gasteiger partial charge in [0.2, 0.25) is 12.7 Å². The number of carbonyl (C=O) groups is 2. The van der Waals surface area contributed by atoms with Crippen LogP contribution in [0, 0.1) is 0 Å². The van der Waals surface area contributed by atoms with Gasteiger partial charge in [0.1, 0.15) is 5.54 Å². The van der Waals surface area contributed by atoms with Gasteiger partial charge in [-0.2, -0.15) is 0 Å². The zero-order valence-electron chi connectivity index (χ0n) is 17.1. The lowest BCUT2D eigenvalue weighted by Crippen LogP contribution is -2.59. The quantitative estimate of drug-likeness (QED) is 0.768.